The van der Waals surface area contributed by atoms with Gasteiger partial charge in [-0.3, -0.25) is 9.78 Å². The van der Waals surface area contributed by atoms with Gasteiger partial charge in [0.25, 0.3) is 0 Å². The van der Waals surface area contributed by atoms with Crippen molar-refractivity contribution in [2.75, 3.05) is 12.5 Å². The van der Waals surface area contributed by atoms with Gasteiger partial charge in [-0.15, -0.1) is 23.5 Å². The molecule has 0 aliphatic heterocycles. The first-order valence-corrected chi connectivity index (χ1v) is 6.58. The van der Waals surface area contributed by atoms with E-state index in [0.29, 0.717) is 4.24 Å². The molecule has 0 N–H and O–H groups in total. The molecule has 0 aliphatic carbocycles. The summed E-state index contributed by atoms with van der Waals surface area (Å²) < 4.78 is 14.0. The Kier molecular flexibility index (Phi) is 4.84. The highest BCUT2D eigenvalue weighted by molar-refractivity contribution is 8.21. The van der Waals surface area contributed by atoms with Crippen molar-refractivity contribution in [3.05, 3.63) is 40.2 Å². The first-order valence-electron chi connectivity index (χ1n) is 4.13. The number of rotatable bonds is 4. The average Bonchev–Trinajstić information content (AvgIpc) is 2.30. The largest absolute Gasteiger partial charge is 0.286 e. The lowest BCUT2D eigenvalue weighted by Gasteiger charge is -2.02. The van der Waals surface area contributed by atoms with E-state index in [0.717, 1.165) is 0 Å². The number of pyridine rings is 1. The molecule has 2 nitrogen and oxygen atoms in total. The molecule has 1 aromatic rings. The van der Waals surface area contributed by atoms with Crippen molar-refractivity contribution in [3.63, 3.8) is 0 Å². The van der Waals surface area contributed by atoms with Crippen LogP contribution in [0.3, 0.4) is 0 Å². The maximum atomic E-state index is 13.6. The van der Waals surface area contributed by atoms with Crippen LogP contribution in [-0.4, -0.2) is 23.3 Å². The lowest BCUT2D eigenvalue weighted by molar-refractivity contribution is 0.100. The summed E-state index contributed by atoms with van der Waals surface area (Å²) in [6, 6.07) is 3.16. The van der Waals surface area contributed by atoms with Crippen molar-refractivity contribution in [1.82, 2.24) is 4.98 Å². The zero-order valence-electron chi connectivity index (χ0n) is 8.36. The summed E-state index contributed by atoms with van der Waals surface area (Å²) in [5.41, 5.74) is 0.274. The van der Waals surface area contributed by atoms with Crippen LogP contribution < -0.4 is 0 Å². The van der Waals surface area contributed by atoms with Crippen molar-refractivity contribution in [2.24, 2.45) is 0 Å². The minimum atomic E-state index is -0.706. The zero-order chi connectivity index (χ0) is 11.3. The summed E-state index contributed by atoms with van der Waals surface area (Å²) in [6.45, 7) is 0. The summed E-state index contributed by atoms with van der Waals surface area (Å²) in [5, 5.41) is 0. The molecule has 5 heteroatoms. The molecule has 0 amide bonds. The summed E-state index contributed by atoms with van der Waals surface area (Å²) in [5.74, 6) is -1.32. The number of ketones is 1. The van der Waals surface area contributed by atoms with E-state index < -0.39 is 11.6 Å². The van der Waals surface area contributed by atoms with Crippen LogP contribution in [0, 0.1) is 0 Å². The fourth-order valence-corrected chi connectivity index (χ4v) is 2.19. The average molecular weight is 243 g/mol. The van der Waals surface area contributed by atoms with E-state index >= 15 is 0 Å². The third-order valence-corrected chi connectivity index (χ3v) is 3.77. The van der Waals surface area contributed by atoms with E-state index in [1.54, 1.807) is 30.8 Å². The number of allylic oxidation sites excluding steroid dienone is 1. The van der Waals surface area contributed by atoms with Crippen molar-refractivity contribution < 1.29 is 9.18 Å². The number of aromatic nitrogens is 1. The predicted octanol–water partition coefficient (Wildman–Crippen LogP) is 3.13. The van der Waals surface area contributed by atoms with Crippen LogP contribution in [0.25, 0.3) is 0 Å². The molecule has 80 valence electrons. The maximum Gasteiger partial charge on any atom is 0.224 e. The number of halogens is 1. The summed E-state index contributed by atoms with van der Waals surface area (Å²) >= 11 is 2.45. The molecule has 0 spiro atoms. The Morgan fingerprint density at radius 3 is 2.53 bits per heavy atom. The molecular weight excluding hydrogens is 233 g/mol. The minimum Gasteiger partial charge on any atom is -0.286 e. The van der Waals surface area contributed by atoms with Gasteiger partial charge in [0.05, 0.1) is 4.24 Å². The summed E-state index contributed by atoms with van der Waals surface area (Å²) in [4.78, 5) is 15.4. The maximum absolute atomic E-state index is 13.6. The zero-order valence-corrected chi connectivity index (χ0v) is 9.99. The highest BCUT2D eigenvalue weighted by atomic mass is 32.2. The second-order valence-corrected chi connectivity index (χ2v) is 4.47. The second kappa shape index (κ2) is 5.92. The molecule has 0 radical (unpaired) electrons. The van der Waals surface area contributed by atoms with Gasteiger partial charge < -0.3 is 0 Å². The molecule has 0 aromatic carbocycles. The molecule has 0 bridgehead atoms. The number of thioether (sulfide) groups is 2. The molecule has 0 saturated carbocycles. The van der Waals surface area contributed by atoms with Crippen molar-refractivity contribution >= 4 is 29.3 Å². The highest BCUT2D eigenvalue weighted by Crippen LogP contribution is 2.29. The monoisotopic (exact) mass is 243 g/mol. The molecule has 0 unspecified atom stereocenters. The molecule has 1 aromatic heterocycles. The molecule has 1 rings (SSSR count). The van der Waals surface area contributed by atoms with Crippen LogP contribution >= 0.6 is 23.5 Å². The standard InChI is InChI=1S/C10H10FNOS2/c1-14-10(15-2)8(11)9(13)7-4-3-5-12-6-7/h3-6H,1-2H3. The Bertz CT molecular complexity index is 372. The molecular formula is C10H10FNOS2. The lowest BCUT2D eigenvalue weighted by atomic mass is 10.2. The van der Waals surface area contributed by atoms with E-state index in [2.05, 4.69) is 4.98 Å². The van der Waals surface area contributed by atoms with Crippen molar-refractivity contribution in [2.45, 2.75) is 0 Å². The Hall–Kier alpha value is -0.810. The lowest BCUT2D eigenvalue weighted by Crippen LogP contribution is -2.01. The van der Waals surface area contributed by atoms with Crippen LogP contribution in [0.2, 0.25) is 0 Å². The van der Waals surface area contributed by atoms with Gasteiger partial charge in [0.2, 0.25) is 5.78 Å². The Morgan fingerprint density at radius 1 is 1.40 bits per heavy atom. The highest BCUT2D eigenvalue weighted by Gasteiger charge is 2.16. The van der Waals surface area contributed by atoms with Crippen molar-refractivity contribution in [1.29, 1.82) is 0 Å². The predicted molar refractivity (Wildman–Crippen MR) is 63.7 cm³/mol. The van der Waals surface area contributed by atoms with Crippen LogP contribution in [-0.2, 0) is 0 Å². The van der Waals surface area contributed by atoms with E-state index in [-0.39, 0.29) is 5.56 Å². The fourth-order valence-electron chi connectivity index (χ4n) is 0.979. The number of hydrogen-bond donors (Lipinski definition) is 0. The molecule has 0 saturated heterocycles. The van der Waals surface area contributed by atoms with Gasteiger partial charge in [-0.25, -0.2) is 4.39 Å². The first kappa shape index (κ1) is 12.3. The van der Waals surface area contributed by atoms with Gasteiger partial charge in [-0.05, 0) is 24.6 Å². The SMILES string of the molecule is CSC(SC)=C(F)C(=O)c1cccnc1. The van der Waals surface area contributed by atoms with E-state index in [4.69, 9.17) is 0 Å². The van der Waals surface area contributed by atoms with Gasteiger partial charge in [0, 0.05) is 18.0 Å². The third kappa shape index (κ3) is 3.07. The normalized spacial score (nSPS) is 9.80. The number of carbonyl (C=O) groups excluding carboxylic acids is 1. The Balaban J connectivity index is 3.00. The topological polar surface area (TPSA) is 30.0 Å². The molecule has 0 fully saturated rings. The minimum absolute atomic E-state index is 0.274. The Morgan fingerprint density at radius 2 is 2.07 bits per heavy atom. The van der Waals surface area contributed by atoms with Gasteiger partial charge in [0.15, 0.2) is 5.83 Å². The second-order valence-electron chi connectivity index (χ2n) is 2.58. The molecule has 0 atom stereocenters. The van der Waals surface area contributed by atoms with Gasteiger partial charge >= 0.3 is 0 Å². The number of carbonyl (C=O) groups is 1. The first-order chi connectivity index (χ1) is 7.20. The van der Waals surface area contributed by atoms with E-state index in [1.165, 1.54) is 29.7 Å². The third-order valence-electron chi connectivity index (χ3n) is 1.67. The molecule has 1 heterocycles. The number of nitrogens with zero attached hydrogens (tertiary/aromatic N) is 1. The van der Waals surface area contributed by atoms with Crippen LogP contribution in [0.1, 0.15) is 10.4 Å². The number of Topliss-reactive ketones (excluding diaryl/α,β-unsaturated/α-hetero) is 1. The van der Waals surface area contributed by atoms with E-state index in [1.807, 2.05) is 0 Å². The van der Waals surface area contributed by atoms with Crippen LogP contribution in [0.5, 0.6) is 0 Å². The summed E-state index contributed by atoms with van der Waals surface area (Å²) in [6.07, 6.45) is 6.38. The van der Waals surface area contributed by atoms with Gasteiger partial charge in [0.1, 0.15) is 0 Å². The van der Waals surface area contributed by atoms with Crippen LogP contribution in [0.4, 0.5) is 4.39 Å². The quantitative estimate of drug-likeness (QED) is 0.600. The van der Waals surface area contributed by atoms with Gasteiger partial charge in [-0.1, -0.05) is 0 Å². The van der Waals surface area contributed by atoms with Gasteiger partial charge in [-0.2, -0.15) is 0 Å². The Labute approximate surface area is 96.4 Å². The number of hydrogen-bond acceptors (Lipinski definition) is 4. The van der Waals surface area contributed by atoms with Crippen molar-refractivity contribution in [3.8, 4) is 0 Å². The fraction of sp³-hybridized carbons (Fsp3) is 0.200. The smallest absolute Gasteiger partial charge is 0.224 e. The summed E-state index contributed by atoms with van der Waals surface area (Å²) in [7, 11) is 0. The molecule has 15 heavy (non-hydrogen) atoms. The van der Waals surface area contributed by atoms with E-state index in [9.17, 15) is 9.18 Å². The molecule has 0 aliphatic rings. The van der Waals surface area contributed by atoms with Crippen LogP contribution in [0.15, 0.2) is 34.6 Å².